The van der Waals surface area contributed by atoms with Crippen LogP contribution in [0.4, 0.5) is 10.1 Å². The predicted octanol–water partition coefficient (Wildman–Crippen LogP) is 2.86. The summed E-state index contributed by atoms with van der Waals surface area (Å²) in [4.78, 5) is 29.1. The zero-order valence-electron chi connectivity index (χ0n) is 16.8. The molecule has 0 radical (unpaired) electrons. The first kappa shape index (κ1) is 22.9. The van der Waals surface area contributed by atoms with Gasteiger partial charge in [-0.25, -0.2) is 17.8 Å². The number of aromatic nitrogens is 2. The van der Waals surface area contributed by atoms with E-state index in [1.54, 1.807) is 13.8 Å². The van der Waals surface area contributed by atoms with Crippen LogP contribution in [0.3, 0.4) is 0 Å². The van der Waals surface area contributed by atoms with E-state index in [4.69, 9.17) is 11.6 Å². The zero-order chi connectivity index (χ0) is 22.8. The number of fused-ring (bicyclic) bond motifs is 1. The summed E-state index contributed by atoms with van der Waals surface area (Å²) in [7, 11) is -3.75. The van der Waals surface area contributed by atoms with Crippen LogP contribution in [0.5, 0.6) is 0 Å². The molecule has 1 amide bonds. The van der Waals surface area contributed by atoms with Gasteiger partial charge in [-0.2, -0.15) is 4.31 Å². The van der Waals surface area contributed by atoms with Gasteiger partial charge in [-0.1, -0.05) is 25.4 Å². The molecule has 0 unspecified atom stereocenters. The normalized spacial score (nSPS) is 11.8. The molecule has 0 saturated carbocycles. The summed E-state index contributed by atoms with van der Waals surface area (Å²) < 4.78 is 41.2. The molecule has 1 aromatic heterocycles. The number of carbonyl (C=O) groups is 1. The molecule has 0 aliphatic carbocycles. The topological polar surface area (TPSA) is 101 Å². The third-order valence-corrected chi connectivity index (χ3v) is 7.03. The first-order chi connectivity index (χ1) is 14.7. The molecule has 3 rings (SSSR count). The number of halogens is 2. The Hall–Kier alpha value is -2.82. The van der Waals surface area contributed by atoms with Gasteiger partial charge in [-0.3, -0.25) is 14.2 Å². The lowest BCUT2D eigenvalue weighted by Crippen LogP contribution is -2.31. The lowest BCUT2D eigenvalue weighted by Gasteiger charge is -2.19. The summed E-state index contributed by atoms with van der Waals surface area (Å²) in [6.07, 6.45) is 1.19. The van der Waals surface area contributed by atoms with Crippen LogP contribution in [0, 0.1) is 5.82 Å². The van der Waals surface area contributed by atoms with E-state index in [2.05, 4.69) is 10.3 Å². The lowest BCUT2D eigenvalue weighted by molar-refractivity contribution is -0.116. The average Bonchev–Trinajstić information content (AvgIpc) is 2.72. The molecule has 1 N–H and O–H groups in total. The van der Waals surface area contributed by atoms with E-state index < -0.39 is 33.9 Å². The highest BCUT2D eigenvalue weighted by Crippen LogP contribution is 2.27. The van der Waals surface area contributed by atoms with Crippen molar-refractivity contribution in [2.24, 2.45) is 0 Å². The molecule has 0 aliphatic heterocycles. The standard InChI is InChI=1S/C20H20ClFN4O4S/c1-3-26(4-2)31(29,30)14-6-7-16(21)18(10-14)24-19(27)11-25-12-23-17-8-5-13(22)9-15(17)20(25)28/h5-10,12H,3-4,11H2,1-2H3,(H,24,27). The van der Waals surface area contributed by atoms with Crippen molar-refractivity contribution >= 4 is 44.1 Å². The molecule has 0 aliphatic rings. The second-order valence-electron chi connectivity index (χ2n) is 6.62. The van der Waals surface area contributed by atoms with Crippen molar-refractivity contribution in [2.75, 3.05) is 18.4 Å². The summed E-state index contributed by atoms with van der Waals surface area (Å²) in [5.74, 6) is -1.22. The lowest BCUT2D eigenvalue weighted by atomic mass is 10.2. The van der Waals surface area contributed by atoms with E-state index in [-0.39, 0.29) is 21.0 Å². The summed E-state index contributed by atoms with van der Waals surface area (Å²) in [6.45, 7) is 3.62. The van der Waals surface area contributed by atoms with E-state index in [1.165, 1.54) is 41.0 Å². The van der Waals surface area contributed by atoms with Gasteiger partial charge in [0.1, 0.15) is 12.4 Å². The van der Waals surface area contributed by atoms with Gasteiger partial charge in [0.05, 0.1) is 32.8 Å². The fraction of sp³-hybridized carbons (Fsp3) is 0.250. The summed E-state index contributed by atoms with van der Waals surface area (Å²) in [5, 5.41) is 2.70. The monoisotopic (exact) mass is 466 g/mol. The van der Waals surface area contributed by atoms with Gasteiger partial charge in [0, 0.05) is 13.1 Å². The number of anilines is 1. The van der Waals surface area contributed by atoms with E-state index in [0.29, 0.717) is 18.6 Å². The van der Waals surface area contributed by atoms with Gasteiger partial charge in [0.15, 0.2) is 0 Å². The minimum Gasteiger partial charge on any atom is -0.323 e. The van der Waals surface area contributed by atoms with Crippen LogP contribution < -0.4 is 10.9 Å². The number of carbonyl (C=O) groups excluding carboxylic acids is 1. The van der Waals surface area contributed by atoms with Crippen LogP contribution in [0.25, 0.3) is 10.9 Å². The molecule has 11 heteroatoms. The van der Waals surface area contributed by atoms with E-state index in [9.17, 15) is 22.4 Å². The van der Waals surface area contributed by atoms with Gasteiger partial charge in [-0.05, 0) is 36.4 Å². The van der Waals surface area contributed by atoms with Crippen molar-refractivity contribution in [3.63, 3.8) is 0 Å². The van der Waals surface area contributed by atoms with Crippen molar-refractivity contribution in [1.29, 1.82) is 0 Å². The first-order valence-corrected chi connectivity index (χ1v) is 11.2. The predicted molar refractivity (Wildman–Crippen MR) is 116 cm³/mol. The van der Waals surface area contributed by atoms with E-state index in [0.717, 1.165) is 10.6 Å². The Morgan fingerprint density at radius 2 is 1.90 bits per heavy atom. The van der Waals surface area contributed by atoms with Gasteiger partial charge in [0.2, 0.25) is 15.9 Å². The number of amides is 1. The highest BCUT2D eigenvalue weighted by molar-refractivity contribution is 7.89. The molecule has 31 heavy (non-hydrogen) atoms. The number of nitrogens with one attached hydrogen (secondary N) is 1. The number of nitrogens with zero attached hydrogens (tertiary/aromatic N) is 3. The number of hydrogen-bond acceptors (Lipinski definition) is 5. The molecule has 0 fully saturated rings. The van der Waals surface area contributed by atoms with Crippen molar-refractivity contribution in [1.82, 2.24) is 13.9 Å². The smallest absolute Gasteiger partial charge is 0.261 e. The highest BCUT2D eigenvalue weighted by atomic mass is 35.5. The second-order valence-corrected chi connectivity index (χ2v) is 8.96. The molecule has 0 spiro atoms. The van der Waals surface area contributed by atoms with Crippen LogP contribution in [0.1, 0.15) is 13.8 Å². The molecule has 0 bridgehead atoms. The second kappa shape index (κ2) is 9.13. The Morgan fingerprint density at radius 3 is 2.58 bits per heavy atom. The van der Waals surface area contributed by atoms with Crippen LogP contribution >= 0.6 is 11.6 Å². The Kier molecular flexibility index (Phi) is 6.73. The van der Waals surface area contributed by atoms with Crippen LogP contribution in [-0.2, 0) is 21.4 Å². The third-order valence-electron chi connectivity index (χ3n) is 4.66. The summed E-state index contributed by atoms with van der Waals surface area (Å²) in [5.41, 5.74) is -0.184. The summed E-state index contributed by atoms with van der Waals surface area (Å²) >= 11 is 6.12. The third kappa shape index (κ3) is 4.76. The van der Waals surface area contributed by atoms with E-state index in [1.807, 2.05) is 0 Å². The molecule has 0 atom stereocenters. The zero-order valence-corrected chi connectivity index (χ0v) is 18.4. The van der Waals surface area contributed by atoms with Crippen molar-refractivity contribution in [2.45, 2.75) is 25.3 Å². The minimum absolute atomic E-state index is 0.0177. The minimum atomic E-state index is -3.75. The van der Waals surface area contributed by atoms with Gasteiger partial charge < -0.3 is 5.32 Å². The molecule has 8 nitrogen and oxygen atoms in total. The van der Waals surface area contributed by atoms with Crippen LogP contribution in [0.15, 0.2) is 52.4 Å². The maximum atomic E-state index is 13.5. The molecule has 164 valence electrons. The largest absolute Gasteiger partial charge is 0.323 e. The number of sulfonamides is 1. The SMILES string of the molecule is CCN(CC)S(=O)(=O)c1ccc(Cl)c(NC(=O)Cn2cnc3ccc(F)cc3c2=O)c1. The van der Waals surface area contributed by atoms with Crippen molar-refractivity contribution < 1.29 is 17.6 Å². The summed E-state index contributed by atoms with van der Waals surface area (Å²) in [6, 6.07) is 7.62. The Labute approximate surface area is 183 Å². The highest BCUT2D eigenvalue weighted by Gasteiger charge is 2.23. The molecular formula is C20H20ClFN4O4S. The van der Waals surface area contributed by atoms with Crippen molar-refractivity contribution in [3.8, 4) is 0 Å². The molecule has 0 saturated heterocycles. The molecule has 3 aromatic rings. The van der Waals surface area contributed by atoms with Gasteiger partial charge >= 0.3 is 0 Å². The fourth-order valence-corrected chi connectivity index (χ4v) is 4.71. The fourth-order valence-electron chi connectivity index (χ4n) is 3.06. The van der Waals surface area contributed by atoms with Crippen LogP contribution in [0.2, 0.25) is 5.02 Å². The van der Waals surface area contributed by atoms with Crippen LogP contribution in [-0.4, -0.2) is 41.3 Å². The van der Waals surface area contributed by atoms with Gasteiger partial charge in [-0.15, -0.1) is 0 Å². The van der Waals surface area contributed by atoms with Gasteiger partial charge in [0.25, 0.3) is 5.56 Å². The molecule has 2 aromatic carbocycles. The Morgan fingerprint density at radius 1 is 1.19 bits per heavy atom. The number of hydrogen-bond donors (Lipinski definition) is 1. The molecule has 1 heterocycles. The first-order valence-electron chi connectivity index (χ1n) is 9.41. The maximum absolute atomic E-state index is 13.5. The van der Waals surface area contributed by atoms with Crippen molar-refractivity contribution in [3.05, 3.63) is 63.9 Å². The Balaban J connectivity index is 1.87. The quantitative estimate of drug-likeness (QED) is 0.577. The Bertz CT molecular complexity index is 1310. The molecular weight excluding hydrogens is 447 g/mol. The maximum Gasteiger partial charge on any atom is 0.261 e. The number of rotatable bonds is 7. The number of benzene rings is 2. The van der Waals surface area contributed by atoms with E-state index >= 15 is 0 Å². The average molecular weight is 467 g/mol.